The number of rotatable bonds is 4. The molecule has 8 heteroatoms. The number of nitrogens with zero attached hydrogens (tertiary/aromatic N) is 2. The molecule has 2 aromatic rings. The van der Waals surface area contributed by atoms with Gasteiger partial charge in [0.25, 0.3) is 6.43 Å². The molecule has 0 bridgehead atoms. The molecule has 1 aliphatic rings. The highest BCUT2D eigenvalue weighted by Crippen LogP contribution is 2.25. The van der Waals surface area contributed by atoms with Crippen molar-refractivity contribution in [1.29, 1.82) is 0 Å². The van der Waals surface area contributed by atoms with Crippen LogP contribution in [-0.4, -0.2) is 44.7 Å². The smallest absolute Gasteiger partial charge is 0.322 e. The van der Waals surface area contributed by atoms with Crippen molar-refractivity contribution in [3.05, 3.63) is 24.0 Å². The van der Waals surface area contributed by atoms with Crippen LogP contribution in [0.5, 0.6) is 0 Å². The monoisotopic (exact) mass is 338 g/mol. The van der Waals surface area contributed by atoms with Gasteiger partial charge in [-0.3, -0.25) is 0 Å². The van der Waals surface area contributed by atoms with Gasteiger partial charge in [0.15, 0.2) is 5.82 Å². The summed E-state index contributed by atoms with van der Waals surface area (Å²) < 4.78 is 25.4. The second-order valence-electron chi connectivity index (χ2n) is 6.16. The minimum Gasteiger partial charge on any atom is -0.393 e. The normalized spacial score (nSPS) is 19.2. The van der Waals surface area contributed by atoms with E-state index >= 15 is 0 Å². The predicted molar refractivity (Wildman–Crippen MR) is 86.1 cm³/mol. The first-order chi connectivity index (χ1) is 11.4. The van der Waals surface area contributed by atoms with Gasteiger partial charge in [0.05, 0.1) is 17.1 Å². The number of fused-ring (bicyclic) bond motifs is 1. The van der Waals surface area contributed by atoms with Gasteiger partial charge in [0.2, 0.25) is 0 Å². The molecule has 1 aromatic heterocycles. The Bertz CT molecular complexity index is 732. The lowest BCUT2D eigenvalue weighted by Gasteiger charge is -2.25. The second kappa shape index (κ2) is 6.72. The van der Waals surface area contributed by atoms with Crippen molar-refractivity contribution in [2.24, 2.45) is 0 Å². The van der Waals surface area contributed by atoms with E-state index in [1.165, 1.54) is 0 Å². The number of likely N-dealkylation sites (tertiary alicyclic amines) is 1. The van der Waals surface area contributed by atoms with Crippen molar-refractivity contribution in [2.45, 2.75) is 44.8 Å². The van der Waals surface area contributed by atoms with Gasteiger partial charge in [0, 0.05) is 18.3 Å². The number of imidazole rings is 1. The van der Waals surface area contributed by atoms with Gasteiger partial charge in [-0.25, -0.2) is 18.6 Å². The minimum absolute atomic E-state index is 0.0197. The number of amides is 2. The van der Waals surface area contributed by atoms with E-state index in [4.69, 9.17) is 0 Å². The van der Waals surface area contributed by atoms with Crippen LogP contribution in [0, 0.1) is 0 Å². The molecule has 24 heavy (non-hydrogen) atoms. The van der Waals surface area contributed by atoms with E-state index in [9.17, 15) is 18.7 Å². The Kier molecular flexibility index (Phi) is 4.66. The summed E-state index contributed by atoms with van der Waals surface area (Å²) in [6.07, 6.45) is -0.804. The van der Waals surface area contributed by atoms with Gasteiger partial charge in [0.1, 0.15) is 0 Å². The number of hydrogen-bond acceptors (Lipinski definition) is 3. The third-order valence-corrected chi connectivity index (χ3v) is 4.21. The van der Waals surface area contributed by atoms with E-state index in [1.807, 2.05) is 0 Å². The Labute approximate surface area is 137 Å². The standard InChI is InChI=1S/C16H20F2N4O2/c1-9(23)7-11-3-2-6-22(11)16(24)19-10-4-5-12-13(8-10)21-15(20-12)14(17)18/h4-5,8-9,11,14,23H,2-3,6-7H2,1H3,(H,19,24)(H,20,21). The van der Waals surface area contributed by atoms with E-state index in [0.29, 0.717) is 29.7 Å². The number of H-pyrrole nitrogens is 1. The van der Waals surface area contributed by atoms with Crippen LogP contribution in [-0.2, 0) is 0 Å². The molecule has 0 aliphatic carbocycles. The Morgan fingerprint density at radius 3 is 3.04 bits per heavy atom. The maximum absolute atomic E-state index is 12.7. The highest BCUT2D eigenvalue weighted by atomic mass is 19.3. The second-order valence-corrected chi connectivity index (χ2v) is 6.16. The van der Waals surface area contributed by atoms with Crippen LogP contribution in [0.15, 0.2) is 18.2 Å². The van der Waals surface area contributed by atoms with Crippen LogP contribution >= 0.6 is 0 Å². The summed E-state index contributed by atoms with van der Waals surface area (Å²) in [5.41, 5.74) is 1.39. The van der Waals surface area contributed by atoms with E-state index < -0.39 is 12.5 Å². The lowest BCUT2D eigenvalue weighted by atomic mass is 10.1. The van der Waals surface area contributed by atoms with E-state index in [0.717, 1.165) is 12.8 Å². The number of urea groups is 1. The summed E-state index contributed by atoms with van der Waals surface area (Å²) in [5.74, 6) is -0.384. The van der Waals surface area contributed by atoms with Gasteiger partial charge in [-0.15, -0.1) is 0 Å². The number of nitrogens with one attached hydrogen (secondary N) is 2. The zero-order valence-corrected chi connectivity index (χ0v) is 13.3. The molecule has 2 amide bonds. The largest absolute Gasteiger partial charge is 0.393 e. The van der Waals surface area contributed by atoms with Crippen LogP contribution in [0.4, 0.5) is 19.3 Å². The minimum atomic E-state index is -2.67. The molecule has 3 rings (SSSR count). The SMILES string of the molecule is CC(O)CC1CCCN1C(=O)Nc1ccc2nc(C(F)F)[nH]c2c1. The number of hydrogen-bond donors (Lipinski definition) is 3. The van der Waals surface area contributed by atoms with E-state index in [1.54, 1.807) is 30.0 Å². The van der Waals surface area contributed by atoms with Crippen molar-refractivity contribution in [3.8, 4) is 0 Å². The fourth-order valence-electron chi connectivity index (χ4n) is 3.15. The van der Waals surface area contributed by atoms with Gasteiger partial charge < -0.3 is 20.3 Å². The van der Waals surface area contributed by atoms with Gasteiger partial charge in [-0.1, -0.05) is 0 Å². The van der Waals surface area contributed by atoms with Crippen molar-refractivity contribution >= 4 is 22.8 Å². The quantitative estimate of drug-likeness (QED) is 0.800. The molecule has 0 radical (unpaired) electrons. The number of carbonyl (C=O) groups is 1. The van der Waals surface area contributed by atoms with Crippen LogP contribution in [0.1, 0.15) is 38.4 Å². The van der Waals surface area contributed by atoms with E-state index in [-0.39, 0.29) is 17.9 Å². The highest BCUT2D eigenvalue weighted by molar-refractivity contribution is 5.92. The van der Waals surface area contributed by atoms with Gasteiger partial charge in [-0.2, -0.15) is 0 Å². The Balaban J connectivity index is 1.73. The molecule has 3 N–H and O–H groups in total. The van der Waals surface area contributed by atoms with Crippen LogP contribution in [0.25, 0.3) is 11.0 Å². The Morgan fingerprint density at radius 1 is 1.54 bits per heavy atom. The third-order valence-electron chi connectivity index (χ3n) is 4.21. The maximum Gasteiger partial charge on any atom is 0.322 e. The molecule has 2 atom stereocenters. The number of aliphatic hydroxyl groups excluding tert-OH is 1. The summed E-state index contributed by atoms with van der Waals surface area (Å²) in [4.78, 5) is 20.5. The van der Waals surface area contributed by atoms with Crippen molar-refractivity contribution in [1.82, 2.24) is 14.9 Å². The molecule has 130 valence electrons. The third kappa shape index (κ3) is 3.48. The number of halogens is 2. The Morgan fingerprint density at radius 2 is 2.33 bits per heavy atom. The summed E-state index contributed by atoms with van der Waals surface area (Å²) in [6, 6.07) is 4.59. The average Bonchev–Trinajstić information content (AvgIpc) is 3.12. The highest BCUT2D eigenvalue weighted by Gasteiger charge is 2.29. The molecule has 2 unspecified atom stereocenters. The summed E-state index contributed by atoms with van der Waals surface area (Å²) in [7, 11) is 0. The molecule has 1 fully saturated rings. The number of alkyl halides is 2. The number of aromatic nitrogens is 2. The fourth-order valence-corrected chi connectivity index (χ4v) is 3.15. The van der Waals surface area contributed by atoms with E-state index in [2.05, 4.69) is 15.3 Å². The molecule has 1 aromatic carbocycles. The Hall–Kier alpha value is -2.22. The van der Waals surface area contributed by atoms with Crippen molar-refractivity contribution in [3.63, 3.8) is 0 Å². The zero-order valence-electron chi connectivity index (χ0n) is 13.3. The molecule has 0 saturated carbocycles. The molecule has 1 saturated heterocycles. The zero-order chi connectivity index (χ0) is 17.3. The number of aromatic amines is 1. The number of benzene rings is 1. The van der Waals surface area contributed by atoms with Gasteiger partial charge >= 0.3 is 6.03 Å². The first-order valence-corrected chi connectivity index (χ1v) is 7.97. The molecular weight excluding hydrogens is 318 g/mol. The van der Waals surface area contributed by atoms with Crippen molar-refractivity contribution in [2.75, 3.05) is 11.9 Å². The number of carbonyl (C=O) groups excluding carboxylic acids is 1. The van der Waals surface area contributed by atoms with Gasteiger partial charge in [-0.05, 0) is 44.4 Å². The van der Waals surface area contributed by atoms with Crippen LogP contribution in [0.3, 0.4) is 0 Å². The summed E-state index contributed by atoms with van der Waals surface area (Å²) in [5, 5.41) is 12.3. The maximum atomic E-state index is 12.7. The summed E-state index contributed by atoms with van der Waals surface area (Å²) >= 11 is 0. The molecule has 1 aliphatic heterocycles. The summed E-state index contributed by atoms with van der Waals surface area (Å²) in [6.45, 7) is 2.35. The first kappa shape index (κ1) is 16.6. The number of aliphatic hydroxyl groups is 1. The molecule has 6 nitrogen and oxygen atoms in total. The number of anilines is 1. The fraction of sp³-hybridized carbons (Fsp3) is 0.500. The molecule has 0 spiro atoms. The lowest BCUT2D eigenvalue weighted by Crippen LogP contribution is -2.40. The first-order valence-electron chi connectivity index (χ1n) is 7.97. The molecule has 2 heterocycles. The topological polar surface area (TPSA) is 81.2 Å². The van der Waals surface area contributed by atoms with Crippen LogP contribution in [0.2, 0.25) is 0 Å². The molecular formula is C16H20F2N4O2. The lowest BCUT2D eigenvalue weighted by molar-refractivity contribution is 0.141. The van der Waals surface area contributed by atoms with Crippen LogP contribution < -0.4 is 5.32 Å². The van der Waals surface area contributed by atoms with Crippen molar-refractivity contribution < 1.29 is 18.7 Å². The predicted octanol–water partition coefficient (Wildman–Crippen LogP) is 3.27. The average molecular weight is 338 g/mol.